The first-order valence-corrected chi connectivity index (χ1v) is 9.13. The summed E-state index contributed by atoms with van der Waals surface area (Å²) in [5.41, 5.74) is 0.778. The van der Waals surface area contributed by atoms with E-state index in [2.05, 4.69) is 10.2 Å². The van der Waals surface area contributed by atoms with Crippen LogP contribution < -0.4 is 10.1 Å². The molecule has 0 atom stereocenters. The molecular weight excluding hydrogens is 312 g/mol. The second kappa shape index (κ2) is 7.28. The van der Waals surface area contributed by atoms with E-state index in [-0.39, 0.29) is 5.91 Å². The minimum Gasteiger partial charge on any atom is -0.457 e. The van der Waals surface area contributed by atoms with Gasteiger partial charge in [0.05, 0.1) is 6.54 Å². The molecule has 25 heavy (non-hydrogen) atoms. The van der Waals surface area contributed by atoms with Crippen LogP contribution in [-0.2, 0) is 4.79 Å². The monoisotopic (exact) mass is 336 g/mol. The predicted molar refractivity (Wildman–Crippen MR) is 98.9 cm³/mol. The molecule has 130 valence electrons. The second-order valence-electron chi connectivity index (χ2n) is 7.10. The molecule has 2 aromatic rings. The van der Waals surface area contributed by atoms with E-state index in [1.807, 2.05) is 54.6 Å². The van der Waals surface area contributed by atoms with Crippen molar-refractivity contribution in [2.75, 3.05) is 18.4 Å². The normalized spacial score (nSPS) is 16.7. The maximum absolute atomic E-state index is 12.4. The number of benzene rings is 2. The van der Waals surface area contributed by atoms with E-state index in [0.29, 0.717) is 12.6 Å². The summed E-state index contributed by atoms with van der Waals surface area (Å²) in [5.74, 6) is 2.39. The number of hydrogen-bond acceptors (Lipinski definition) is 3. The van der Waals surface area contributed by atoms with Gasteiger partial charge in [0.15, 0.2) is 0 Å². The molecule has 0 spiro atoms. The van der Waals surface area contributed by atoms with Gasteiger partial charge in [-0.2, -0.15) is 0 Å². The SMILES string of the molecule is O=C(CN(CC1CC1)C1CC1)Nc1cccc(Oc2ccccc2)c1. The van der Waals surface area contributed by atoms with Gasteiger partial charge < -0.3 is 10.1 Å². The van der Waals surface area contributed by atoms with Crippen molar-refractivity contribution in [1.29, 1.82) is 0 Å². The Hall–Kier alpha value is -2.33. The Morgan fingerprint density at radius 2 is 1.76 bits per heavy atom. The molecule has 4 heteroatoms. The lowest BCUT2D eigenvalue weighted by Gasteiger charge is -2.21. The van der Waals surface area contributed by atoms with Crippen LogP contribution in [0.25, 0.3) is 0 Å². The van der Waals surface area contributed by atoms with Gasteiger partial charge in [0.2, 0.25) is 5.91 Å². The van der Waals surface area contributed by atoms with Crippen molar-refractivity contribution in [3.05, 3.63) is 54.6 Å². The number of carbonyl (C=O) groups is 1. The van der Waals surface area contributed by atoms with Crippen LogP contribution in [0.5, 0.6) is 11.5 Å². The molecule has 0 radical (unpaired) electrons. The molecule has 2 fully saturated rings. The lowest BCUT2D eigenvalue weighted by Crippen LogP contribution is -2.36. The number of ether oxygens (including phenoxy) is 1. The van der Waals surface area contributed by atoms with Crippen LogP contribution in [0.2, 0.25) is 0 Å². The summed E-state index contributed by atoms with van der Waals surface area (Å²) in [6.45, 7) is 1.57. The number of amides is 1. The maximum Gasteiger partial charge on any atom is 0.238 e. The van der Waals surface area contributed by atoms with Crippen molar-refractivity contribution in [3.8, 4) is 11.5 Å². The van der Waals surface area contributed by atoms with Gasteiger partial charge in [-0.15, -0.1) is 0 Å². The molecule has 0 unspecified atom stereocenters. The Labute approximate surface area is 148 Å². The summed E-state index contributed by atoms with van der Waals surface area (Å²) >= 11 is 0. The molecule has 1 amide bonds. The number of hydrogen-bond donors (Lipinski definition) is 1. The summed E-state index contributed by atoms with van der Waals surface area (Å²) in [6.07, 6.45) is 5.12. The van der Waals surface area contributed by atoms with Crippen molar-refractivity contribution in [1.82, 2.24) is 4.90 Å². The Morgan fingerprint density at radius 3 is 2.48 bits per heavy atom. The van der Waals surface area contributed by atoms with Gasteiger partial charge in [-0.05, 0) is 55.9 Å². The van der Waals surface area contributed by atoms with Gasteiger partial charge in [-0.1, -0.05) is 24.3 Å². The number of carbonyl (C=O) groups excluding carboxylic acids is 1. The summed E-state index contributed by atoms with van der Waals surface area (Å²) < 4.78 is 5.83. The van der Waals surface area contributed by atoms with Crippen molar-refractivity contribution < 1.29 is 9.53 Å². The minimum atomic E-state index is 0.0596. The standard InChI is InChI=1S/C21H24N2O2/c24-21(15-23(18-11-12-18)14-16-9-10-16)22-17-5-4-8-20(13-17)25-19-6-2-1-3-7-19/h1-8,13,16,18H,9-12,14-15H2,(H,22,24). The van der Waals surface area contributed by atoms with Crippen LogP contribution in [0, 0.1) is 5.92 Å². The van der Waals surface area contributed by atoms with Crippen LogP contribution in [0.4, 0.5) is 5.69 Å². The number of para-hydroxylation sites is 1. The zero-order valence-electron chi connectivity index (χ0n) is 14.4. The fourth-order valence-corrected chi connectivity index (χ4v) is 3.06. The third-order valence-electron chi connectivity index (χ3n) is 4.70. The maximum atomic E-state index is 12.4. The molecule has 2 aliphatic carbocycles. The molecule has 0 bridgehead atoms. The van der Waals surface area contributed by atoms with Gasteiger partial charge >= 0.3 is 0 Å². The molecular formula is C21H24N2O2. The highest BCUT2D eigenvalue weighted by atomic mass is 16.5. The van der Waals surface area contributed by atoms with Gasteiger partial charge in [0, 0.05) is 24.3 Å². The topological polar surface area (TPSA) is 41.6 Å². The molecule has 2 aromatic carbocycles. The first-order chi connectivity index (χ1) is 12.3. The average Bonchev–Trinajstić information content (AvgIpc) is 3.49. The Morgan fingerprint density at radius 1 is 1.00 bits per heavy atom. The molecule has 4 nitrogen and oxygen atoms in total. The van der Waals surface area contributed by atoms with E-state index in [9.17, 15) is 4.79 Å². The van der Waals surface area contributed by atoms with Crippen molar-refractivity contribution in [2.45, 2.75) is 31.7 Å². The second-order valence-corrected chi connectivity index (χ2v) is 7.10. The molecule has 0 aliphatic heterocycles. The molecule has 1 N–H and O–H groups in total. The van der Waals surface area contributed by atoms with Gasteiger partial charge in [0.1, 0.15) is 11.5 Å². The minimum absolute atomic E-state index is 0.0596. The molecule has 0 saturated heterocycles. The molecule has 0 aromatic heterocycles. The predicted octanol–water partition coefficient (Wildman–Crippen LogP) is 4.29. The van der Waals surface area contributed by atoms with Gasteiger partial charge in [-0.25, -0.2) is 0 Å². The first-order valence-electron chi connectivity index (χ1n) is 9.13. The van der Waals surface area contributed by atoms with E-state index in [1.165, 1.54) is 25.7 Å². The van der Waals surface area contributed by atoms with Crippen LogP contribution in [-0.4, -0.2) is 29.9 Å². The lowest BCUT2D eigenvalue weighted by molar-refractivity contribution is -0.117. The van der Waals surface area contributed by atoms with E-state index >= 15 is 0 Å². The fraction of sp³-hybridized carbons (Fsp3) is 0.381. The largest absolute Gasteiger partial charge is 0.457 e. The van der Waals surface area contributed by atoms with E-state index in [1.54, 1.807) is 0 Å². The number of nitrogens with zero attached hydrogens (tertiary/aromatic N) is 1. The molecule has 2 saturated carbocycles. The van der Waals surface area contributed by atoms with Crippen LogP contribution in [0.15, 0.2) is 54.6 Å². The first kappa shape index (κ1) is 16.2. The fourth-order valence-electron chi connectivity index (χ4n) is 3.06. The number of rotatable bonds is 8. The highest BCUT2D eigenvalue weighted by Gasteiger charge is 2.34. The van der Waals surface area contributed by atoms with Gasteiger partial charge in [0.25, 0.3) is 0 Å². The Kier molecular flexibility index (Phi) is 4.70. The molecule has 0 heterocycles. The quantitative estimate of drug-likeness (QED) is 0.782. The highest BCUT2D eigenvalue weighted by Crippen LogP contribution is 2.34. The molecule has 4 rings (SSSR count). The smallest absolute Gasteiger partial charge is 0.238 e. The summed E-state index contributed by atoms with van der Waals surface area (Å²) in [5, 5.41) is 3.01. The summed E-state index contributed by atoms with van der Waals surface area (Å²) in [6, 6.07) is 17.8. The van der Waals surface area contributed by atoms with E-state index in [4.69, 9.17) is 4.74 Å². The summed E-state index contributed by atoms with van der Waals surface area (Å²) in [7, 11) is 0. The van der Waals surface area contributed by atoms with E-state index < -0.39 is 0 Å². The van der Waals surface area contributed by atoms with Crippen molar-refractivity contribution >= 4 is 11.6 Å². The lowest BCUT2D eigenvalue weighted by atomic mass is 10.3. The third kappa shape index (κ3) is 4.83. The number of anilines is 1. The van der Waals surface area contributed by atoms with Crippen LogP contribution >= 0.6 is 0 Å². The van der Waals surface area contributed by atoms with Crippen LogP contribution in [0.3, 0.4) is 0 Å². The number of nitrogens with one attached hydrogen (secondary N) is 1. The Bertz CT molecular complexity index is 724. The zero-order valence-corrected chi connectivity index (χ0v) is 14.4. The summed E-state index contributed by atoms with van der Waals surface area (Å²) in [4.78, 5) is 14.8. The highest BCUT2D eigenvalue weighted by molar-refractivity contribution is 5.92. The van der Waals surface area contributed by atoms with E-state index in [0.717, 1.165) is 29.6 Å². The average molecular weight is 336 g/mol. The third-order valence-corrected chi connectivity index (χ3v) is 4.70. The van der Waals surface area contributed by atoms with Crippen LogP contribution in [0.1, 0.15) is 25.7 Å². The van der Waals surface area contributed by atoms with Crippen molar-refractivity contribution in [3.63, 3.8) is 0 Å². The zero-order chi connectivity index (χ0) is 17.1. The Balaban J connectivity index is 1.35. The molecule has 2 aliphatic rings. The van der Waals surface area contributed by atoms with Gasteiger partial charge in [-0.3, -0.25) is 9.69 Å². The van der Waals surface area contributed by atoms with Crippen molar-refractivity contribution in [2.24, 2.45) is 5.92 Å².